The van der Waals surface area contributed by atoms with E-state index in [1.54, 1.807) is 36.4 Å². The van der Waals surface area contributed by atoms with Crippen LogP contribution in [0.15, 0.2) is 47.6 Å². The van der Waals surface area contributed by atoms with Crippen LogP contribution in [0.3, 0.4) is 0 Å². The highest BCUT2D eigenvalue weighted by molar-refractivity contribution is 6.39. The Labute approximate surface area is 138 Å². The number of benzene rings is 2. The molecule has 2 N–H and O–H groups in total. The average Bonchev–Trinajstić information content (AvgIpc) is 3.02. The van der Waals surface area contributed by atoms with E-state index in [-0.39, 0.29) is 6.79 Å². The third kappa shape index (κ3) is 3.70. The number of aryl methyl sites for hydroxylation is 1. The topological polar surface area (TPSA) is 89.0 Å². The number of nitrogens with one attached hydrogen (secondary N) is 2. The van der Waals surface area contributed by atoms with Crippen LogP contribution in [-0.2, 0) is 9.59 Å². The first-order valence-corrected chi connectivity index (χ1v) is 7.22. The second-order valence-corrected chi connectivity index (χ2v) is 5.14. The molecule has 0 unspecified atom stereocenters. The molecule has 1 heterocycles. The number of carbonyl (C=O) groups excluding carboxylic acids is 2. The molecular formula is C17H15N3O4. The first kappa shape index (κ1) is 15.5. The van der Waals surface area contributed by atoms with Gasteiger partial charge in [0.2, 0.25) is 6.79 Å². The summed E-state index contributed by atoms with van der Waals surface area (Å²) in [7, 11) is 0. The Kier molecular flexibility index (Phi) is 4.42. The van der Waals surface area contributed by atoms with E-state index in [2.05, 4.69) is 15.8 Å². The highest BCUT2D eigenvalue weighted by Crippen LogP contribution is 2.31. The van der Waals surface area contributed by atoms with Gasteiger partial charge in [0.15, 0.2) is 11.5 Å². The van der Waals surface area contributed by atoms with Gasteiger partial charge in [-0.05, 0) is 48.4 Å². The normalized spacial score (nSPS) is 12.2. The third-order valence-corrected chi connectivity index (χ3v) is 3.26. The van der Waals surface area contributed by atoms with Crippen molar-refractivity contribution in [1.29, 1.82) is 0 Å². The summed E-state index contributed by atoms with van der Waals surface area (Å²) in [5, 5.41) is 6.27. The largest absolute Gasteiger partial charge is 0.454 e. The minimum absolute atomic E-state index is 0.186. The molecule has 2 aromatic rings. The van der Waals surface area contributed by atoms with Gasteiger partial charge in [-0.25, -0.2) is 5.43 Å². The molecule has 0 spiro atoms. The lowest BCUT2D eigenvalue weighted by atomic mass is 10.2. The molecule has 1 aliphatic heterocycles. The summed E-state index contributed by atoms with van der Waals surface area (Å²) >= 11 is 0. The maximum atomic E-state index is 11.8. The fourth-order valence-electron chi connectivity index (χ4n) is 2.12. The van der Waals surface area contributed by atoms with Crippen molar-refractivity contribution in [2.24, 2.45) is 5.10 Å². The van der Waals surface area contributed by atoms with Gasteiger partial charge < -0.3 is 14.8 Å². The molecule has 24 heavy (non-hydrogen) atoms. The Morgan fingerprint density at radius 2 is 1.92 bits per heavy atom. The molecule has 7 nitrogen and oxygen atoms in total. The number of ether oxygens (including phenoxy) is 2. The SMILES string of the molecule is Cc1cccc(NC(=O)C(=O)N/N=C\c2ccc3c(c2)OCO3)c1. The Hall–Kier alpha value is -3.35. The van der Waals surface area contributed by atoms with Crippen LogP contribution in [0.25, 0.3) is 0 Å². The van der Waals surface area contributed by atoms with Gasteiger partial charge in [0.25, 0.3) is 0 Å². The Morgan fingerprint density at radius 1 is 1.08 bits per heavy atom. The van der Waals surface area contributed by atoms with Crippen LogP contribution in [0.4, 0.5) is 5.69 Å². The second kappa shape index (κ2) is 6.82. The van der Waals surface area contributed by atoms with Gasteiger partial charge in [-0.3, -0.25) is 9.59 Å². The van der Waals surface area contributed by atoms with Crippen LogP contribution in [0.1, 0.15) is 11.1 Å². The van der Waals surface area contributed by atoms with Gasteiger partial charge in [-0.15, -0.1) is 0 Å². The summed E-state index contributed by atoms with van der Waals surface area (Å²) in [6.07, 6.45) is 1.42. The zero-order valence-corrected chi connectivity index (χ0v) is 12.9. The summed E-state index contributed by atoms with van der Waals surface area (Å²) in [4.78, 5) is 23.5. The Bertz CT molecular complexity index is 817. The van der Waals surface area contributed by atoms with E-state index in [0.29, 0.717) is 22.7 Å². The molecule has 0 atom stereocenters. The zero-order valence-electron chi connectivity index (χ0n) is 12.9. The lowest BCUT2D eigenvalue weighted by molar-refractivity contribution is -0.136. The van der Waals surface area contributed by atoms with Crippen molar-refractivity contribution in [3.05, 3.63) is 53.6 Å². The Morgan fingerprint density at radius 3 is 2.75 bits per heavy atom. The standard InChI is InChI=1S/C17H15N3O4/c1-11-3-2-4-13(7-11)19-16(21)17(22)20-18-9-12-5-6-14-15(8-12)24-10-23-14/h2-9H,10H2,1H3,(H,19,21)(H,20,22)/b18-9-. The molecule has 2 aromatic carbocycles. The fourth-order valence-corrected chi connectivity index (χ4v) is 2.12. The first-order valence-electron chi connectivity index (χ1n) is 7.22. The van der Waals surface area contributed by atoms with Crippen LogP contribution in [-0.4, -0.2) is 24.8 Å². The molecule has 2 amide bonds. The van der Waals surface area contributed by atoms with E-state index in [0.717, 1.165) is 5.56 Å². The number of amides is 2. The van der Waals surface area contributed by atoms with Crippen LogP contribution >= 0.6 is 0 Å². The molecule has 0 fully saturated rings. The smallest absolute Gasteiger partial charge is 0.329 e. The van der Waals surface area contributed by atoms with E-state index in [4.69, 9.17) is 9.47 Å². The number of hydrazone groups is 1. The monoisotopic (exact) mass is 325 g/mol. The lowest BCUT2D eigenvalue weighted by Gasteiger charge is -2.04. The van der Waals surface area contributed by atoms with Crippen molar-refractivity contribution in [1.82, 2.24) is 5.43 Å². The van der Waals surface area contributed by atoms with Crippen molar-refractivity contribution in [3.63, 3.8) is 0 Å². The predicted octanol–water partition coefficient (Wildman–Crippen LogP) is 1.81. The number of rotatable bonds is 3. The van der Waals surface area contributed by atoms with Crippen molar-refractivity contribution in [2.75, 3.05) is 12.1 Å². The maximum absolute atomic E-state index is 11.8. The summed E-state index contributed by atoms with van der Waals surface area (Å²) in [6, 6.07) is 12.4. The number of hydrogen-bond acceptors (Lipinski definition) is 5. The van der Waals surface area contributed by atoms with Gasteiger partial charge in [-0.2, -0.15) is 5.10 Å². The summed E-state index contributed by atoms with van der Waals surface area (Å²) in [5.41, 5.74) is 4.42. The Balaban J connectivity index is 1.55. The molecule has 0 aliphatic carbocycles. The van der Waals surface area contributed by atoms with Crippen molar-refractivity contribution in [3.8, 4) is 11.5 Å². The number of hydrogen-bond donors (Lipinski definition) is 2. The average molecular weight is 325 g/mol. The van der Waals surface area contributed by atoms with E-state index in [1.807, 2.05) is 13.0 Å². The van der Waals surface area contributed by atoms with Crippen LogP contribution in [0, 0.1) is 6.92 Å². The van der Waals surface area contributed by atoms with Gasteiger partial charge >= 0.3 is 11.8 Å². The fraction of sp³-hybridized carbons (Fsp3) is 0.118. The van der Waals surface area contributed by atoms with E-state index in [1.165, 1.54) is 6.21 Å². The molecule has 3 rings (SSSR count). The van der Waals surface area contributed by atoms with Crippen LogP contribution in [0.5, 0.6) is 11.5 Å². The zero-order chi connectivity index (χ0) is 16.9. The summed E-state index contributed by atoms with van der Waals surface area (Å²) in [6.45, 7) is 2.08. The molecule has 122 valence electrons. The highest BCUT2D eigenvalue weighted by Gasteiger charge is 2.14. The molecule has 1 aliphatic rings. The van der Waals surface area contributed by atoms with E-state index < -0.39 is 11.8 Å². The van der Waals surface area contributed by atoms with Gasteiger partial charge in [0, 0.05) is 5.69 Å². The van der Waals surface area contributed by atoms with Gasteiger partial charge in [-0.1, -0.05) is 12.1 Å². The summed E-state index contributed by atoms with van der Waals surface area (Å²) < 4.78 is 10.4. The number of nitrogens with zero attached hydrogens (tertiary/aromatic N) is 1. The first-order chi connectivity index (χ1) is 11.6. The maximum Gasteiger partial charge on any atom is 0.329 e. The summed E-state index contributed by atoms with van der Waals surface area (Å²) in [5.74, 6) is -0.367. The van der Waals surface area contributed by atoms with E-state index >= 15 is 0 Å². The third-order valence-electron chi connectivity index (χ3n) is 3.26. The minimum atomic E-state index is -0.853. The second-order valence-electron chi connectivity index (χ2n) is 5.14. The van der Waals surface area contributed by atoms with Gasteiger partial charge in [0.1, 0.15) is 0 Å². The lowest BCUT2D eigenvalue weighted by Crippen LogP contribution is -2.32. The molecule has 0 bridgehead atoms. The van der Waals surface area contributed by atoms with Crippen molar-refractivity contribution < 1.29 is 19.1 Å². The number of carbonyl (C=O) groups is 2. The predicted molar refractivity (Wildman–Crippen MR) is 88.1 cm³/mol. The molecule has 0 saturated heterocycles. The quantitative estimate of drug-likeness (QED) is 0.512. The van der Waals surface area contributed by atoms with Crippen LogP contribution in [0.2, 0.25) is 0 Å². The number of fused-ring (bicyclic) bond motifs is 1. The highest BCUT2D eigenvalue weighted by atomic mass is 16.7. The molecule has 7 heteroatoms. The van der Waals surface area contributed by atoms with Crippen molar-refractivity contribution in [2.45, 2.75) is 6.92 Å². The van der Waals surface area contributed by atoms with E-state index in [9.17, 15) is 9.59 Å². The molecule has 0 radical (unpaired) electrons. The number of anilines is 1. The minimum Gasteiger partial charge on any atom is -0.454 e. The molecule has 0 saturated carbocycles. The van der Waals surface area contributed by atoms with Crippen LogP contribution < -0.4 is 20.2 Å². The van der Waals surface area contributed by atoms with Crippen molar-refractivity contribution >= 4 is 23.7 Å². The van der Waals surface area contributed by atoms with Gasteiger partial charge in [0.05, 0.1) is 6.21 Å². The molecule has 0 aromatic heterocycles. The molecular weight excluding hydrogens is 310 g/mol.